The predicted octanol–water partition coefficient (Wildman–Crippen LogP) is 3.49. The van der Waals surface area contributed by atoms with Gasteiger partial charge < -0.3 is 0 Å². The lowest BCUT2D eigenvalue weighted by atomic mass is 9.96. The first kappa shape index (κ1) is 12.9. The van der Waals surface area contributed by atoms with Crippen LogP contribution in [0.3, 0.4) is 0 Å². The molecular formula is C16H20N4. The molecule has 1 atom stereocenters. The molecule has 1 unspecified atom stereocenters. The summed E-state index contributed by atoms with van der Waals surface area (Å²) in [5.41, 5.74) is 4.72. The molecule has 20 heavy (non-hydrogen) atoms. The molecule has 0 saturated heterocycles. The number of aryl methyl sites for hydroxylation is 2. The Morgan fingerprint density at radius 3 is 2.80 bits per heavy atom. The van der Waals surface area contributed by atoms with E-state index >= 15 is 0 Å². The first-order chi connectivity index (χ1) is 9.60. The fourth-order valence-corrected chi connectivity index (χ4v) is 2.62. The van der Waals surface area contributed by atoms with Gasteiger partial charge in [0.1, 0.15) is 0 Å². The predicted molar refractivity (Wildman–Crippen MR) is 81.6 cm³/mol. The third-order valence-corrected chi connectivity index (χ3v) is 4.02. The van der Waals surface area contributed by atoms with Crippen LogP contribution in [0.2, 0.25) is 0 Å². The molecule has 0 aliphatic heterocycles. The summed E-state index contributed by atoms with van der Waals surface area (Å²) in [7, 11) is 3.95. The molecule has 0 bridgehead atoms. The summed E-state index contributed by atoms with van der Waals surface area (Å²) in [4.78, 5) is 0. The topological polar surface area (TPSA) is 35.6 Å². The number of benzene rings is 1. The van der Waals surface area contributed by atoms with Crippen LogP contribution in [0.5, 0.6) is 0 Å². The summed E-state index contributed by atoms with van der Waals surface area (Å²) < 4.78 is 3.80. The van der Waals surface area contributed by atoms with Crippen LogP contribution >= 0.6 is 0 Å². The Morgan fingerprint density at radius 2 is 2.05 bits per heavy atom. The molecule has 0 fully saturated rings. The zero-order valence-corrected chi connectivity index (χ0v) is 12.5. The number of hydrogen-bond donors (Lipinski definition) is 0. The summed E-state index contributed by atoms with van der Waals surface area (Å²) in [6.07, 6.45) is 5.16. The van der Waals surface area contributed by atoms with Gasteiger partial charge in [-0.05, 0) is 24.5 Å². The molecular weight excluding hydrogens is 248 g/mol. The first-order valence-electron chi connectivity index (χ1n) is 7.05. The van der Waals surface area contributed by atoms with E-state index in [1.165, 1.54) is 11.1 Å². The molecule has 3 rings (SSSR count). The second-order valence-corrected chi connectivity index (χ2v) is 5.46. The van der Waals surface area contributed by atoms with E-state index in [2.05, 4.69) is 48.4 Å². The van der Waals surface area contributed by atoms with Gasteiger partial charge in [0, 0.05) is 36.8 Å². The summed E-state index contributed by atoms with van der Waals surface area (Å²) in [6, 6.07) is 6.43. The molecule has 2 aromatic heterocycles. The normalized spacial score (nSPS) is 13.0. The number of fused-ring (bicyclic) bond motifs is 1. The van der Waals surface area contributed by atoms with Crippen molar-refractivity contribution < 1.29 is 0 Å². The summed E-state index contributed by atoms with van der Waals surface area (Å²) in [5, 5.41) is 10.1. The third kappa shape index (κ3) is 2.01. The highest BCUT2D eigenvalue weighted by atomic mass is 15.3. The van der Waals surface area contributed by atoms with Gasteiger partial charge >= 0.3 is 0 Å². The fourth-order valence-electron chi connectivity index (χ4n) is 2.62. The molecule has 0 radical (unpaired) electrons. The Hall–Kier alpha value is -2.10. The second kappa shape index (κ2) is 4.78. The van der Waals surface area contributed by atoms with E-state index in [1.54, 1.807) is 0 Å². The van der Waals surface area contributed by atoms with Gasteiger partial charge in [0.2, 0.25) is 0 Å². The lowest BCUT2D eigenvalue weighted by molar-refractivity contribution is 0.728. The second-order valence-electron chi connectivity index (χ2n) is 5.46. The van der Waals surface area contributed by atoms with Crippen LogP contribution in [0, 0.1) is 0 Å². The SMILES string of the molecule is CCC(C)c1cn(C)nc1-c1ccc2c(cnn2C)c1. The van der Waals surface area contributed by atoms with Gasteiger partial charge in [-0.1, -0.05) is 19.9 Å². The monoisotopic (exact) mass is 268 g/mol. The third-order valence-electron chi connectivity index (χ3n) is 4.02. The van der Waals surface area contributed by atoms with Crippen LogP contribution in [0.15, 0.2) is 30.6 Å². The summed E-state index contributed by atoms with van der Waals surface area (Å²) in [5.74, 6) is 0.517. The maximum atomic E-state index is 4.65. The maximum absolute atomic E-state index is 4.65. The van der Waals surface area contributed by atoms with Crippen LogP contribution in [-0.2, 0) is 14.1 Å². The van der Waals surface area contributed by atoms with E-state index in [9.17, 15) is 0 Å². The molecule has 2 heterocycles. The Kier molecular flexibility index (Phi) is 3.08. The highest BCUT2D eigenvalue weighted by Crippen LogP contribution is 2.31. The van der Waals surface area contributed by atoms with Crippen molar-refractivity contribution >= 4 is 10.9 Å². The molecule has 0 amide bonds. The van der Waals surface area contributed by atoms with Crippen LogP contribution < -0.4 is 0 Å². The molecule has 4 nitrogen and oxygen atoms in total. The summed E-state index contributed by atoms with van der Waals surface area (Å²) >= 11 is 0. The smallest absolute Gasteiger partial charge is 0.0957 e. The van der Waals surface area contributed by atoms with Gasteiger partial charge in [0.05, 0.1) is 17.4 Å². The van der Waals surface area contributed by atoms with Gasteiger partial charge in [0.25, 0.3) is 0 Å². The van der Waals surface area contributed by atoms with Crippen molar-refractivity contribution in [1.82, 2.24) is 19.6 Å². The average molecular weight is 268 g/mol. The van der Waals surface area contributed by atoms with Crippen molar-refractivity contribution in [3.8, 4) is 11.3 Å². The van der Waals surface area contributed by atoms with Gasteiger partial charge in [0.15, 0.2) is 0 Å². The molecule has 104 valence electrons. The van der Waals surface area contributed by atoms with Crippen molar-refractivity contribution in [2.45, 2.75) is 26.2 Å². The Balaban J connectivity index is 2.15. The molecule has 0 saturated carbocycles. The van der Waals surface area contributed by atoms with E-state index in [0.717, 1.165) is 23.0 Å². The van der Waals surface area contributed by atoms with Gasteiger partial charge in [-0.2, -0.15) is 10.2 Å². The van der Waals surface area contributed by atoms with Crippen LogP contribution in [0.25, 0.3) is 22.2 Å². The Morgan fingerprint density at radius 1 is 1.25 bits per heavy atom. The minimum absolute atomic E-state index is 0.517. The van der Waals surface area contributed by atoms with E-state index in [4.69, 9.17) is 0 Å². The van der Waals surface area contributed by atoms with Crippen LogP contribution in [-0.4, -0.2) is 19.6 Å². The zero-order chi connectivity index (χ0) is 14.3. The Labute approximate surface area is 119 Å². The molecule has 3 aromatic rings. The maximum Gasteiger partial charge on any atom is 0.0957 e. The van der Waals surface area contributed by atoms with Gasteiger partial charge in [-0.15, -0.1) is 0 Å². The minimum Gasteiger partial charge on any atom is -0.275 e. The molecule has 0 spiro atoms. The molecule has 4 heteroatoms. The minimum atomic E-state index is 0.517. The van der Waals surface area contributed by atoms with E-state index in [1.807, 2.05) is 29.7 Å². The first-order valence-corrected chi connectivity index (χ1v) is 7.05. The Bertz CT molecular complexity index is 751. The highest BCUT2D eigenvalue weighted by molar-refractivity contribution is 5.84. The lowest BCUT2D eigenvalue weighted by Gasteiger charge is -2.08. The van der Waals surface area contributed by atoms with Gasteiger partial charge in [-0.3, -0.25) is 9.36 Å². The van der Waals surface area contributed by atoms with E-state index in [0.29, 0.717) is 5.92 Å². The molecule has 0 aliphatic carbocycles. The fraction of sp³-hybridized carbons (Fsp3) is 0.375. The van der Waals surface area contributed by atoms with Crippen LogP contribution in [0.1, 0.15) is 31.7 Å². The molecule has 0 aliphatic rings. The van der Waals surface area contributed by atoms with Crippen molar-refractivity contribution in [2.75, 3.05) is 0 Å². The van der Waals surface area contributed by atoms with Crippen molar-refractivity contribution in [1.29, 1.82) is 0 Å². The van der Waals surface area contributed by atoms with E-state index < -0.39 is 0 Å². The largest absolute Gasteiger partial charge is 0.275 e. The van der Waals surface area contributed by atoms with Crippen molar-refractivity contribution in [3.05, 3.63) is 36.2 Å². The molecule has 1 aromatic carbocycles. The molecule has 0 N–H and O–H groups in total. The van der Waals surface area contributed by atoms with Crippen molar-refractivity contribution in [2.24, 2.45) is 14.1 Å². The summed E-state index contributed by atoms with van der Waals surface area (Å²) in [6.45, 7) is 4.47. The number of nitrogens with zero attached hydrogens (tertiary/aromatic N) is 4. The number of aromatic nitrogens is 4. The van der Waals surface area contributed by atoms with Gasteiger partial charge in [-0.25, -0.2) is 0 Å². The highest BCUT2D eigenvalue weighted by Gasteiger charge is 2.15. The quantitative estimate of drug-likeness (QED) is 0.729. The number of hydrogen-bond acceptors (Lipinski definition) is 2. The van der Waals surface area contributed by atoms with Crippen LogP contribution in [0.4, 0.5) is 0 Å². The average Bonchev–Trinajstić information content (AvgIpc) is 3.01. The standard InChI is InChI=1S/C16H20N4/c1-5-11(2)14-10-19(3)18-16(14)12-6-7-15-13(8-12)9-17-20(15)4/h6-11H,5H2,1-4H3. The van der Waals surface area contributed by atoms with E-state index in [-0.39, 0.29) is 0 Å². The zero-order valence-electron chi connectivity index (χ0n) is 12.5. The lowest BCUT2D eigenvalue weighted by Crippen LogP contribution is -1.93. The van der Waals surface area contributed by atoms with Crippen molar-refractivity contribution in [3.63, 3.8) is 0 Å². The number of rotatable bonds is 3.